The maximum atomic E-state index is 10.2. The first-order valence-electron chi connectivity index (χ1n) is 8.33. The van der Waals surface area contributed by atoms with Crippen LogP contribution < -0.4 is 10.2 Å². The average Bonchev–Trinajstić information content (AvgIpc) is 3.01. The SMILES string of the molecule is Cc1csc(N2CCC(NCC(O)Cc3ccccc3)CC2)n1. The molecule has 0 radical (unpaired) electrons. The molecule has 2 aromatic rings. The Labute approximate surface area is 142 Å². The quantitative estimate of drug-likeness (QED) is 0.854. The second-order valence-corrected chi connectivity index (χ2v) is 7.12. The first kappa shape index (κ1) is 16.4. The van der Waals surface area contributed by atoms with Crippen LogP contribution in [-0.4, -0.2) is 41.9 Å². The van der Waals surface area contributed by atoms with E-state index in [1.165, 1.54) is 5.56 Å². The van der Waals surface area contributed by atoms with Crippen LogP contribution in [0.25, 0.3) is 0 Å². The van der Waals surface area contributed by atoms with E-state index in [2.05, 4.69) is 32.7 Å². The van der Waals surface area contributed by atoms with Crippen LogP contribution in [0, 0.1) is 6.92 Å². The minimum Gasteiger partial charge on any atom is -0.391 e. The molecule has 23 heavy (non-hydrogen) atoms. The number of thiazole rings is 1. The molecule has 0 amide bonds. The molecule has 0 spiro atoms. The Kier molecular flexibility index (Phi) is 5.65. The summed E-state index contributed by atoms with van der Waals surface area (Å²) in [6.45, 7) is 4.79. The van der Waals surface area contributed by atoms with Crippen molar-refractivity contribution in [3.05, 3.63) is 47.0 Å². The topological polar surface area (TPSA) is 48.4 Å². The Hall–Kier alpha value is -1.43. The lowest BCUT2D eigenvalue weighted by Gasteiger charge is -2.32. The van der Waals surface area contributed by atoms with Gasteiger partial charge in [0.05, 0.1) is 11.8 Å². The molecule has 124 valence electrons. The van der Waals surface area contributed by atoms with Crippen molar-refractivity contribution in [3.8, 4) is 0 Å². The van der Waals surface area contributed by atoms with Crippen molar-refractivity contribution < 1.29 is 5.11 Å². The normalized spacial score (nSPS) is 17.4. The zero-order valence-electron chi connectivity index (χ0n) is 13.6. The molecule has 1 saturated heterocycles. The molecule has 2 heterocycles. The molecule has 1 atom stereocenters. The van der Waals surface area contributed by atoms with Gasteiger partial charge in [-0.05, 0) is 31.7 Å². The van der Waals surface area contributed by atoms with Gasteiger partial charge < -0.3 is 15.3 Å². The summed E-state index contributed by atoms with van der Waals surface area (Å²) in [6.07, 6.45) is 2.61. The highest BCUT2D eigenvalue weighted by Gasteiger charge is 2.21. The van der Waals surface area contributed by atoms with E-state index in [9.17, 15) is 5.11 Å². The molecule has 1 aliphatic rings. The number of piperidine rings is 1. The maximum Gasteiger partial charge on any atom is 0.185 e. The summed E-state index contributed by atoms with van der Waals surface area (Å²) >= 11 is 1.73. The largest absolute Gasteiger partial charge is 0.391 e. The van der Waals surface area contributed by atoms with Crippen LogP contribution in [0.2, 0.25) is 0 Å². The number of rotatable bonds is 6. The standard InChI is InChI=1S/C18H25N3OS/c1-14-13-23-18(20-14)21-9-7-16(8-10-21)19-12-17(22)11-15-5-3-2-4-6-15/h2-6,13,16-17,19,22H,7-12H2,1H3. The van der Waals surface area contributed by atoms with E-state index in [1.807, 2.05) is 25.1 Å². The Balaban J connectivity index is 1.39. The minimum atomic E-state index is -0.322. The van der Waals surface area contributed by atoms with E-state index in [-0.39, 0.29) is 6.10 Å². The van der Waals surface area contributed by atoms with Crippen molar-refractivity contribution in [2.75, 3.05) is 24.5 Å². The molecule has 2 N–H and O–H groups in total. The summed E-state index contributed by atoms with van der Waals surface area (Å²) in [4.78, 5) is 6.94. The fourth-order valence-electron chi connectivity index (χ4n) is 3.02. The Morgan fingerprint density at radius 2 is 2.04 bits per heavy atom. The van der Waals surface area contributed by atoms with Gasteiger partial charge in [0.15, 0.2) is 5.13 Å². The highest BCUT2D eigenvalue weighted by molar-refractivity contribution is 7.13. The van der Waals surface area contributed by atoms with E-state index >= 15 is 0 Å². The summed E-state index contributed by atoms with van der Waals surface area (Å²) in [5.41, 5.74) is 2.30. The lowest BCUT2D eigenvalue weighted by molar-refractivity contribution is 0.164. The number of aliphatic hydroxyl groups excluding tert-OH is 1. The average molecular weight is 331 g/mol. The zero-order chi connectivity index (χ0) is 16.1. The number of benzene rings is 1. The van der Waals surface area contributed by atoms with Gasteiger partial charge in [-0.3, -0.25) is 0 Å². The van der Waals surface area contributed by atoms with Crippen molar-refractivity contribution >= 4 is 16.5 Å². The van der Waals surface area contributed by atoms with Gasteiger partial charge in [-0.1, -0.05) is 30.3 Å². The van der Waals surface area contributed by atoms with Gasteiger partial charge in [-0.25, -0.2) is 4.98 Å². The summed E-state index contributed by atoms with van der Waals surface area (Å²) < 4.78 is 0. The summed E-state index contributed by atoms with van der Waals surface area (Å²) in [5.74, 6) is 0. The fraction of sp³-hybridized carbons (Fsp3) is 0.500. The highest BCUT2D eigenvalue weighted by Crippen LogP contribution is 2.23. The van der Waals surface area contributed by atoms with Crippen LogP contribution in [0.5, 0.6) is 0 Å². The van der Waals surface area contributed by atoms with Gasteiger partial charge in [0, 0.05) is 31.1 Å². The van der Waals surface area contributed by atoms with Crippen LogP contribution in [0.4, 0.5) is 5.13 Å². The third-order valence-corrected chi connectivity index (χ3v) is 5.35. The second-order valence-electron chi connectivity index (χ2n) is 6.28. The second kappa shape index (κ2) is 7.90. The zero-order valence-corrected chi connectivity index (χ0v) is 14.4. The molecule has 1 fully saturated rings. The molecule has 4 nitrogen and oxygen atoms in total. The van der Waals surface area contributed by atoms with E-state index in [4.69, 9.17) is 0 Å². The predicted octanol–water partition coefficient (Wildman–Crippen LogP) is 2.61. The van der Waals surface area contributed by atoms with Crippen LogP contribution >= 0.6 is 11.3 Å². The number of hydrogen-bond donors (Lipinski definition) is 2. The number of aromatic nitrogens is 1. The lowest BCUT2D eigenvalue weighted by Crippen LogP contribution is -2.45. The number of anilines is 1. The van der Waals surface area contributed by atoms with Gasteiger partial charge in [0.25, 0.3) is 0 Å². The number of hydrogen-bond acceptors (Lipinski definition) is 5. The Morgan fingerprint density at radius 1 is 1.30 bits per heavy atom. The fourth-order valence-corrected chi connectivity index (χ4v) is 3.88. The summed E-state index contributed by atoms with van der Waals surface area (Å²) in [7, 11) is 0. The predicted molar refractivity (Wildman–Crippen MR) is 96.2 cm³/mol. The van der Waals surface area contributed by atoms with Gasteiger partial charge in [0.1, 0.15) is 0 Å². The monoisotopic (exact) mass is 331 g/mol. The molecule has 1 aliphatic heterocycles. The van der Waals surface area contributed by atoms with E-state index in [1.54, 1.807) is 11.3 Å². The molecule has 1 aromatic heterocycles. The highest BCUT2D eigenvalue weighted by atomic mass is 32.1. The molecule has 0 bridgehead atoms. The van der Waals surface area contributed by atoms with Gasteiger partial charge in [-0.15, -0.1) is 11.3 Å². The van der Waals surface area contributed by atoms with Crippen LogP contribution in [-0.2, 0) is 6.42 Å². The van der Waals surface area contributed by atoms with Crippen molar-refractivity contribution in [1.29, 1.82) is 0 Å². The third kappa shape index (κ3) is 4.77. The van der Waals surface area contributed by atoms with Crippen molar-refractivity contribution in [1.82, 2.24) is 10.3 Å². The molecular weight excluding hydrogens is 306 g/mol. The number of nitrogens with one attached hydrogen (secondary N) is 1. The third-order valence-electron chi connectivity index (χ3n) is 4.33. The maximum absolute atomic E-state index is 10.2. The summed E-state index contributed by atoms with van der Waals surface area (Å²) in [6, 6.07) is 10.7. The Morgan fingerprint density at radius 3 is 2.70 bits per heavy atom. The van der Waals surface area contributed by atoms with Crippen LogP contribution in [0.1, 0.15) is 24.1 Å². The molecule has 3 rings (SSSR count). The molecule has 1 aromatic carbocycles. The number of aryl methyl sites for hydroxylation is 1. The first-order valence-corrected chi connectivity index (χ1v) is 9.21. The number of aliphatic hydroxyl groups is 1. The van der Waals surface area contributed by atoms with Crippen molar-refractivity contribution in [3.63, 3.8) is 0 Å². The smallest absolute Gasteiger partial charge is 0.185 e. The van der Waals surface area contributed by atoms with Crippen molar-refractivity contribution in [2.45, 2.75) is 38.3 Å². The van der Waals surface area contributed by atoms with Crippen LogP contribution in [0.3, 0.4) is 0 Å². The molecule has 1 unspecified atom stereocenters. The van der Waals surface area contributed by atoms with Gasteiger partial charge >= 0.3 is 0 Å². The molecular formula is C18H25N3OS. The van der Waals surface area contributed by atoms with Crippen molar-refractivity contribution in [2.24, 2.45) is 0 Å². The minimum absolute atomic E-state index is 0.322. The van der Waals surface area contributed by atoms with Gasteiger partial charge in [0.2, 0.25) is 0 Å². The van der Waals surface area contributed by atoms with E-state index in [0.29, 0.717) is 19.0 Å². The van der Waals surface area contributed by atoms with E-state index in [0.717, 1.165) is 36.8 Å². The van der Waals surface area contributed by atoms with Crippen LogP contribution in [0.15, 0.2) is 35.7 Å². The molecule has 0 saturated carbocycles. The molecule has 0 aliphatic carbocycles. The number of nitrogens with zero attached hydrogens (tertiary/aromatic N) is 2. The molecule has 5 heteroatoms. The van der Waals surface area contributed by atoms with Gasteiger partial charge in [-0.2, -0.15) is 0 Å². The Bertz CT molecular complexity index is 593. The van der Waals surface area contributed by atoms with E-state index < -0.39 is 0 Å². The first-order chi connectivity index (χ1) is 11.2. The summed E-state index contributed by atoms with van der Waals surface area (Å²) in [5, 5.41) is 17.0. The lowest BCUT2D eigenvalue weighted by atomic mass is 10.0.